The summed E-state index contributed by atoms with van der Waals surface area (Å²) < 4.78 is 0. The van der Waals surface area contributed by atoms with Crippen molar-refractivity contribution in [2.75, 3.05) is 6.54 Å². The van der Waals surface area contributed by atoms with E-state index >= 15 is 0 Å². The molecular weight excluding hydrogens is 98.1 g/mol. The smallest absolute Gasteiger partial charge is 0.0694 e. The summed E-state index contributed by atoms with van der Waals surface area (Å²) in [6.45, 7) is 8.96. The molecule has 8 heavy (non-hydrogen) atoms. The number of rotatable bonds is 4. The number of hydrogen-bond donors (Lipinski definition) is 1. The minimum Gasteiger partial charge on any atom is -0.310 e. The van der Waals surface area contributed by atoms with Gasteiger partial charge in [0, 0.05) is 12.6 Å². The van der Waals surface area contributed by atoms with Crippen molar-refractivity contribution in [1.29, 1.82) is 0 Å². The van der Waals surface area contributed by atoms with E-state index in [-0.39, 0.29) is 0 Å². The lowest BCUT2D eigenvalue weighted by Crippen LogP contribution is -2.23. The molecule has 0 saturated heterocycles. The van der Waals surface area contributed by atoms with Gasteiger partial charge in [0.15, 0.2) is 0 Å². The van der Waals surface area contributed by atoms with Crippen LogP contribution in [0.3, 0.4) is 0 Å². The van der Waals surface area contributed by atoms with Crippen LogP contribution < -0.4 is 5.32 Å². The lowest BCUT2D eigenvalue weighted by molar-refractivity contribution is 0.590. The second-order valence-electron chi connectivity index (χ2n) is 2.19. The SMILES string of the molecule is [CH2-][CH+]CCNC(C)C. The molecule has 0 aliphatic heterocycles. The van der Waals surface area contributed by atoms with Crippen LogP contribution >= 0.6 is 0 Å². The Morgan fingerprint density at radius 2 is 2.25 bits per heavy atom. The normalized spacial score (nSPS) is 10.0. The molecule has 0 atom stereocenters. The predicted molar refractivity (Wildman–Crippen MR) is 37.4 cm³/mol. The summed E-state index contributed by atoms with van der Waals surface area (Å²) in [6.07, 6.45) is 2.99. The van der Waals surface area contributed by atoms with Crippen LogP contribution in [0, 0.1) is 13.3 Å². The second-order valence-corrected chi connectivity index (χ2v) is 2.19. The Morgan fingerprint density at radius 1 is 1.62 bits per heavy atom. The van der Waals surface area contributed by atoms with E-state index in [1.807, 2.05) is 6.42 Å². The van der Waals surface area contributed by atoms with Crippen molar-refractivity contribution >= 4 is 0 Å². The van der Waals surface area contributed by atoms with Crippen LogP contribution in [0.1, 0.15) is 20.3 Å². The van der Waals surface area contributed by atoms with Gasteiger partial charge < -0.3 is 5.32 Å². The Morgan fingerprint density at radius 3 is 2.62 bits per heavy atom. The minimum atomic E-state index is 0.606. The second kappa shape index (κ2) is 4.98. The third-order valence-electron chi connectivity index (χ3n) is 0.901. The van der Waals surface area contributed by atoms with Gasteiger partial charge in [-0.2, -0.15) is 0 Å². The highest BCUT2D eigenvalue weighted by atomic mass is 14.9. The molecule has 0 saturated carbocycles. The predicted octanol–water partition coefficient (Wildman–Crippen LogP) is 1.41. The first-order valence-corrected chi connectivity index (χ1v) is 3.11. The molecule has 1 N–H and O–H groups in total. The van der Waals surface area contributed by atoms with Gasteiger partial charge in [0.05, 0.1) is 6.42 Å². The van der Waals surface area contributed by atoms with Crippen molar-refractivity contribution < 1.29 is 0 Å². The topological polar surface area (TPSA) is 12.0 Å². The summed E-state index contributed by atoms with van der Waals surface area (Å²) >= 11 is 0. The fraction of sp³-hybridized carbons (Fsp3) is 0.714. The highest BCUT2D eigenvalue weighted by molar-refractivity contribution is 4.67. The van der Waals surface area contributed by atoms with E-state index in [9.17, 15) is 0 Å². The Hall–Kier alpha value is -0.170. The van der Waals surface area contributed by atoms with Crippen LogP contribution in [0.15, 0.2) is 0 Å². The summed E-state index contributed by atoms with van der Waals surface area (Å²) in [7, 11) is 0. The quantitative estimate of drug-likeness (QED) is 0.429. The summed E-state index contributed by atoms with van der Waals surface area (Å²) in [6, 6.07) is 0.606. The minimum absolute atomic E-state index is 0.606. The van der Waals surface area contributed by atoms with Gasteiger partial charge >= 0.3 is 0 Å². The van der Waals surface area contributed by atoms with Gasteiger partial charge in [-0.3, -0.25) is 0 Å². The maximum atomic E-state index is 3.62. The van der Waals surface area contributed by atoms with E-state index in [1.165, 1.54) is 0 Å². The van der Waals surface area contributed by atoms with Crippen molar-refractivity contribution in [3.8, 4) is 0 Å². The fourth-order valence-electron chi connectivity index (χ4n) is 0.474. The van der Waals surface area contributed by atoms with E-state index in [0.717, 1.165) is 13.0 Å². The van der Waals surface area contributed by atoms with Crippen molar-refractivity contribution in [3.05, 3.63) is 13.3 Å². The zero-order chi connectivity index (χ0) is 6.41. The molecule has 1 nitrogen and oxygen atoms in total. The first-order chi connectivity index (χ1) is 3.77. The molecule has 1 heteroatoms. The summed E-state index contributed by atoms with van der Waals surface area (Å²) in [5.74, 6) is 0. The highest BCUT2D eigenvalue weighted by Gasteiger charge is 1.89. The van der Waals surface area contributed by atoms with E-state index in [1.54, 1.807) is 0 Å². The molecule has 0 unspecified atom stereocenters. The largest absolute Gasteiger partial charge is 0.310 e. The maximum absolute atomic E-state index is 3.62. The van der Waals surface area contributed by atoms with Crippen molar-refractivity contribution in [2.24, 2.45) is 0 Å². The monoisotopic (exact) mass is 113 g/mol. The molecule has 48 valence electrons. The summed E-state index contributed by atoms with van der Waals surface area (Å²) in [4.78, 5) is 0. The Balaban J connectivity index is 2.72. The highest BCUT2D eigenvalue weighted by Crippen LogP contribution is 1.82. The molecule has 0 spiro atoms. The molecule has 0 aromatic rings. The van der Waals surface area contributed by atoms with E-state index < -0.39 is 0 Å². The number of hydrogen-bond acceptors (Lipinski definition) is 1. The maximum Gasteiger partial charge on any atom is 0.0694 e. The average molecular weight is 113 g/mol. The Labute approximate surface area is 52.5 Å². The Kier molecular flexibility index (Phi) is 4.87. The molecule has 0 amide bonds. The third-order valence-corrected chi connectivity index (χ3v) is 0.901. The molecule has 0 bridgehead atoms. The molecular formula is C7H15N. The lowest BCUT2D eigenvalue weighted by atomic mass is 10.3. The van der Waals surface area contributed by atoms with Crippen LogP contribution in [0.5, 0.6) is 0 Å². The van der Waals surface area contributed by atoms with Crippen LogP contribution in [-0.4, -0.2) is 12.6 Å². The molecule has 0 radical (unpaired) electrons. The van der Waals surface area contributed by atoms with E-state index in [2.05, 4.69) is 26.1 Å². The molecule has 0 aromatic carbocycles. The average Bonchev–Trinajstić information content (AvgIpc) is 1.66. The lowest BCUT2D eigenvalue weighted by Gasteiger charge is -2.03. The summed E-state index contributed by atoms with van der Waals surface area (Å²) in [5.41, 5.74) is 0. The van der Waals surface area contributed by atoms with Gasteiger partial charge in [-0.15, -0.1) is 6.92 Å². The molecule has 0 rings (SSSR count). The van der Waals surface area contributed by atoms with Crippen LogP contribution in [0.2, 0.25) is 0 Å². The zero-order valence-corrected chi connectivity index (χ0v) is 5.78. The molecule has 0 aromatic heterocycles. The number of nitrogens with one attached hydrogen (secondary N) is 1. The van der Waals surface area contributed by atoms with Gasteiger partial charge in [0.2, 0.25) is 0 Å². The van der Waals surface area contributed by atoms with Gasteiger partial charge in [0.25, 0.3) is 0 Å². The van der Waals surface area contributed by atoms with Gasteiger partial charge in [0.1, 0.15) is 0 Å². The van der Waals surface area contributed by atoms with Gasteiger partial charge in [-0.1, -0.05) is 20.3 Å². The molecule has 0 aliphatic carbocycles. The van der Waals surface area contributed by atoms with Crippen molar-refractivity contribution in [3.63, 3.8) is 0 Å². The van der Waals surface area contributed by atoms with Crippen molar-refractivity contribution in [2.45, 2.75) is 26.3 Å². The van der Waals surface area contributed by atoms with Crippen molar-refractivity contribution in [1.82, 2.24) is 5.32 Å². The number of unbranched alkanes of at least 4 members (excludes halogenated alkanes) is 1. The Bertz CT molecular complexity index is 41.7. The van der Waals surface area contributed by atoms with E-state index in [0.29, 0.717) is 6.04 Å². The fourth-order valence-corrected chi connectivity index (χ4v) is 0.474. The molecule has 0 fully saturated rings. The zero-order valence-electron chi connectivity index (χ0n) is 5.78. The summed E-state index contributed by atoms with van der Waals surface area (Å²) in [5, 5.41) is 3.28. The van der Waals surface area contributed by atoms with E-state index in [4.69, 9.17) is 0 Å². The third kappa shape index (κ3) is 5.83. The van der Waals surface area contributed by atoms with Crippen LogP contribution in [-0.2, 0) is 0 Å². The molecule has 0 heterocycles. The van der Waals surface area contributed by atoms with Crippen LogP contribution in [0.4, 0.5) is 0 Å². The first-order valence-electron chi connectivity index (χ1n) is 3.11. The van der Waals surface area contributed by atoms with Gasteiger partial charge in [-0.05, 0) is 0 Å². The molecule has 0 aliphatic rings. The standard InChI is InChI=1S/C7H15N/c1-4-5-6-8-7(2)3/h4,7-8H,1,5-6H2,2-3H3. The van der Waals surface area contributed by atoms with Crippen LogP contribution in [0.25, 0.3) is 0 Å². The first kappa shape index (κ1) is 7.83. The van der Waals surface area contributed by atoms with Gasteiger partial charge in [-0.25, -0.2) is 0 Å².